The number of benzene rings is 2. The second-order valence-electron chi connectivity index (χ2n) is 9.43. The summed E-state index contributed by atoms with van der Waals surface area (Å²) in [5.74, 6) is 0.171. The number of hydrogen-bond donors (Lipinski definition) is 1. The number of rotatable bonds is 6. The predicted molar refractivity (Wildman–Crippen MR) is 142 cm³/mol. The number of piperidine rings is 1. The second kappa shape index (κ2) is 10.8. The summed E-state index contributed by atoms with van der Waals surface area (Å²) in [6.45, 7) is 3.54. The van der Waals surface area contributed by atoms with Gasteiger partial charge in [-0.1, -0.05) is 67.6 Å². The van der Waals surface area contributed by atoms with Crippen LogP contribution in [0.5, 0.6) is 0 Å². The maximum atomic E-state index is 12.7. The first kappa shape index (κ1) is 24.4. The molecule has 3 aromatic rings. The lowest BCUT2D eigenvalue weighted by Crippen LogP contribution is -2.38. The van der Waals surface area contributed by atoms with Gasteiger partial charge in [-0.3, -0.25) is 0 Å². The van der Waals surface area contributed by atoms with Gasteiger partial charge >= 0.3 is 11.9 Å². The molecule has 188 valence electrons. The molecule has 2 heterocycles. The smallest absolute Gasteiger partial charge is 0.339 e. The normalized spacial score (nSPS) is 17.8. The number of carboxylic acid groups (broad SMARTS) is 1. The van der Waals surface area contributed by atoms with Crippen molar-refractivity contribution in [2.24, 2.45) is 5.92 Å². The lowest BCUT2D eigenvalue weighted by Gasteiger charge is -2.33. The van der Waals surface area contributed by atoms with Gasteiger partial charge in [-0.25, -0.2) is 19.6 Å². The van der Waals surface area contributed by atoms with E-state index in [1.165, 1.54) is 17.7 Å². The maximum Gasteiger partial charge on any atom is 0.339 e. The van der Waals surface area contributed by atoms with Gasteiger partial charge in [-0.2, -0.15) is 0 Å². The van der Waals surface area contributed by atoms with Crippen LogP contribution in [0.2, 0.25) is 0 Å². The van der Waals surface area contributed by atoms with Crippen molar-refractivity contribution in [2.45, 2.75) is 32.3 Å². The van der Waals surface area contributed by atoms with Gasteiger partial charge in [-0.15, -0.1) is 0 Å². The third kappa shape index (κ3) is 5.45. The predicted octanol–water partition coefficient (Wildman–Crippen LogP) is 5.65. The van der Waals surface area contributed by atoms with Gasteiger partial charge in [0.1, 0.15) is 11.9 Å². The first-order valence-corrected chi connectivity index (χ1v) is 12.6. The summed E-state index contributed by atoms with van der Waals surface area (Å²) in [6, 6.07) is 18.2. The molecule has 1 N–H and O–H groups in total. The molecule has 1 aromatic heterocycles. The molecule has 1 atom stereocenters. The monoisotopic (exact) mass is 495 g/mol. The van der Waals surface area contributed by atoms with Crippen molar-refractivity contribution in [2.75, 3.05) is 18.0 Å². The third-order valence-electron chi connectivity index (χ3n) is 6.89. The van der Waals surface area contributed by atoms with Crippen molar-refractivity contribution >= 4 is 23.3 Å². The lowest BCUT2D eigenvalue weighted by molar-refractivity contribution is 0.0240. The van der Waals surface area contributed by atoms with Crippen LogP contribution in [0.15, 0.2) is 78.9 Å². The topological polar surface area (TPSA) is 92.6 Å². The van der Waals surface area contributed by atoms with Gasteiger partial charge < -0.3 is 14.7 Å². The SMILES string of the molecule is CC1CC=CC=C1c1cc(N2CCC(OC(=O)c3ccccc3C(=O)O)CC2)nc(-c2ccccc2)n1. The van der Waals surface area contributed by atoms with Crippen LogP contribution in [0.1, 0.15) is 52.6 Å². The molecule has 1 fully saturated rings. The third-order valence-corrected chi connectivity index (χ3v) is 6.89. The lowest BCUT2D eigenvalue weighted by atomic mass is 9.91. The summed E-state index contributed by atoms with van der Waals surface area (Å²) in [5.41, 5.74) is 3.12. The van der Waals surface area contributed by atoms with E-state index in [0.717, 1.165) is 23.5 Å². The number of allylic oxidation sites excluding steroid dienone is 4. The summed E-state index contributed by atoms with van der Waals surface area (Å²) >= 11 is 0. The number of nitrogens with zero attached hydrogens (tertiary/aromatic N) is 3. The molecule has 7 heteroatoms. The van der Waals surface area contributed by atoms with Crippen LogP contribution in [-0.2, 0) is 4.74 Å². The van der Waals surface area contributed by atoms with Gasteiger partial charge in [0.15, 0.2) is 5.82 Å². The van der Waals surface area contributed by atoms with E-state index in [2.05, 4.69) is 36.1 Å². The molecule has 2 aromatic carbocycles. The van der Waals surface area contributed by atoms with Gasteiger partial charge in [0, 0.05) is 37.6 Å². The Labute approximate surface area is 216 Å². The molecule has 1 aliphatic heterocycles. The van der Waals surface area contributed by atoms with Gasteiger partial charge in [0.25, 0.3) is 0 Å². The molecule has 5 rings (SSSR count). The zero-order valence-corrected chi connectivity index (χ0v) is 20.7. The Bertz CT molecular complexity index is 1360. The second-order valence-corrected chi connectivity index (χ2v) is 9.43. The van der Waals surface area contributed by atoms with E-state index >= 15 is 0 Å². The minimum atomic E-state index is -1.14. The molecular formula is C30H29N3O4. The number of aromatic carboxylic acids is 1. The summed E-state index contributed by atoms with van der Waals surface area (Å²) in [7, 11) is 0. The molecule has 2 aliphatic rings. The Kier molecular flexibility index (Phi) is 7.12. The minimum absolute atomic E-state index is 0.0482. The van der Waals surface area contributed by atoms with Crippen LogP contribution in [-0.4, -0.2) is 46.2 Å². The first-order valence-electron chi connectivity index (χ1n) is 12.6. The number of carboxylic acids is 1. The molecule has 1 aliphatic carbocycles. The van der Waals surface area contributed by atoms with Crippen LogP contribution in [0.3, 0.4) is 0 Å². The van der Waals surface area contributed by atoms with Gasteiger partial charge in [0.2, 0.25) is 0 Å². The molecule has 1 saturated heterocycles. The van der Waals surface area contributed by atoms with Crippen molar-refractivity contribution in [3.05, 3.63) is 95.7 Å². The zero-order chi connectivity index (χ0) is 25.8. The molecule has 0 radical (unpaired) electrons. The maximum absolute atomic E-state index is 12.7. The number of carbonyl (C=O) groups is 2. The van der Waals surface area contributed by atoms with Crippen molar-refractivity contribution in [1.82, 2.24) is 9.97 Å². The number of hydrogen-bond acceptors (Lipinski definition) is 6. The Morgan fingerprint density at radius 2 is 1.68 bits per heavy atom. The molecule has 0 spiro atoms. The average Bonchev–Trinajstić information content (AvgIpc) is 2.94. The minimum Gasteiger partial charge on any atom is -0.478 e. The van der Waals surface area contributed by atoms with E-state index in [-0.39, 0.29) is 17.2 Å². The van der Waals surface area contributed by atoms with Crippen molar-refractivity contribution in [1.29, 1.82) is 0 Å². The van der Waals surface area contributed by atoms with Crippen LogP contribution in [0.25, 0.3) is 17.0 Å². The summed E-state index contributed by atoms with van der Waals surface area (Å²) < 4.78 is 5.70. The Morgan fingerprint density at radius 3 is 2.38 bits per heavy atom. The van der Waals surface area contributed by atoms with Gasteiger partial charge in [0.05, 0.1) is 16.8 Å². The number of aromatic nitrogens is 2. The zero-order valence-electron chi connectivity index (χ0n) is 20.7. The Morgan fingerprint density at radius 1 is 0.973 bits per heavy atom. The number of carbonyl (C=O) groups excluding carboxylic acids is 1. The van der Waals surface area contributed by atoms with Crippen LogP contribution < -0.4 is 4.90 Å². The fourth-order valence-electron chi connectivity index (χ4n) is 4.81. The number of esters is 1. The van der Waals surface area contributed by atoms with Crippen LogP contribution in [0, 0.1) is 5.92 Å². The Balaban J connectivity index is 1.34. The van der Waals surface area contributed by atoms with Crippen LogP contribution in [0.4, 0.5) is 5.82 Å². The molecule has 0 saturated carbocycles. The van der Waals surface area contributed by atoms with Crippen molar-refractivity contribution in [3.8, 4) is 11.4 Å². The standard InChI is InChI=1S/C30H29N3O4/c1-20-9-5-6-12-23(20)26-19-27(32-28(31-26)21-10-3-2-4-11-21)33-17-15-22(16-18-33)37-30(36)25-14-8-7-13-24(25)29(34)35/h2-8,10-14,19-20,22H,9,15-18H2,1H3,(H,34,35). The molecule has 37 heavy (non-hydrogen) atoms. The molecule has 1 unspecified atom stereocenters. The van der Waals surface area contributed by atoms with Crippen LogP contribution >= 0.6 is 0 Å². The van der Waals surface area contributed by atoms with Crippen molar-refractivity contribution in [3.63, 3.8) is 0 Å². The average molecular weight is 496 g/mol. The highest BCUT2D eigenvalue weighted by Crippen LogP contribution is 2.32. The summed E-state index contributed by atoms with van der Waals surface area (Å²) in [4.78, 5) is 36.2. The van der Waals surface area contributed by atoms with Gasteiger partial charge in [-0.05, 0) is 30.0 Å². The largest absolute Gasteiger partial charge is 0.478 e. The highest BCUT2D eigenvalue weighted by molar-refractivity contribution is 6.02. The van der Waals surface area contributed by atoms with E-state index in [9.17, 15) is 14.7 Å². The number of ether oxygens (including phenoxy) is 1. The van der Waals surface area contributed by atoms with E-state index in [1.807, 2.05) is 30.3 Å². The molecular weight excluding hydrogens is 466 g/mol. The first-order chi connectivity index (χ1) is 18.0. The highest BCUT2D eigenvalue weighted by atomic mass is 16.5. The molecule has 7 nitrogen and oxygen atoms in total. The number of anilines is 1. The quantitative estimate of drug-likeness (QED) is 0.442. The fraction of sp³-hybridized carbons (Fsp3) is 0.267. The highest BCUT2D eigenvalue weighted by Gasteiger charge is 2.27. The van der Waals surface area contributed by atoms with E-state index in [1.54, 1.807) is 12.1 Å². The molecule has 0 bridgehead atoms. The van der Waals surface area contributed by atoms with E-state index in [0.29, 0.717) is 37.7 Å². The summed E-state index contributed by atoms with van der Waals surface area (Å²) in [5, 5.41) is 9.38. The Hall–Kier alpha value is -4.26. The summed E-state index contributed by atoms with van der Waals surface area (Å²) in [6.07, 6.45) is 8.35. The fourth-order valence-corrected chi connectivity index (χ4v) is 4.81. The molecule has 0 amide bonds. The van der Waals surface area contributed by atoms with E-state index < -0.39 is 11.9 Å². The van der Waals surface area contributed by atoms with Crippen molar-refractivity contribution < 1.29 is 19.4 Å². The van der Waals surface area contributed by atoms with E-state index in [4.69, 9.17) is 14.7 Å².